The van der Waals surface area contributed by atoms with Crippen LogP contribution in [0.15, 0.2) is 24.3 Å². The van der Waals surface area contributed by atoms with Crippen molar-refractivity contribution in [2.45, 2.75) is 33.6 Å². The monoisotopic (exact) mass is 245 g/mol. The van der Waals surface area contributed by atoms with Gasteiger partial charge in [-0.15, -0.1) is 0 Å². The van der Waals surface area contributed by atoms with Crippen LogP contribution in [-0.4, -0.2) is 19.4 Å². The van der Waals surface area contributed by atoms with Gasteiger partial charge in [0, 0.05) is 24.3 Å². The zero-order chi connectivity index (χ0) is 13.2. The van der Waals surface area contributed by atoms with Crippen LogP contribution >= 0.6 is 0 Å². The summed E-state index contributed by atoms with van der Waals surface area (Å²) in [6.07, 6.45) is 3.40. The van der Waals surface area contributed by atoms with Gasteiger partial charge < -0.3 is 4.90 Å². The van der Waals surface area contributed by atoms with E-state index in [9.17, 15) is 4.79 Å². The minimum atomic E-state index is 0.399. The zero-order valence-electron chi connectivity index (χ0n) is 11.6. The Kier molecular flexibility index (Phi) is 3.74. The molecule has 2 rings (SSSR count). The first-order chi connectivity index (χ1) is 8.52. The maximum Gasteiger partial charge on any atom is 0.152 e. The summed E-state index contributed by atoms with van der Waals surface area (Å²) in [5.41, 5.74) is 2.31. The number of carbonyl (C=O) groups excluding carboxylic acids is 1. The van der Waals surface area contributed by atoms with Crippen molar-refractivity contribution >= 4 is 12.0 Å². The highest BCUT2D eigenvalue weighted by molar-refractivity contribution is 5.84. The van der Waals surface area contributed by atoms with Crippen molar-refractivity contribution in [3.63, 3.8) is 0 Å². The number of carbonyl (C=O) groups is 1. The number of hydrogen-bond acceptors (Lipinski definition) is 2. The van der Waals surface area contributed by atoms with Gasteiger partial charge in [0.25, 0.3) is 0 Å². The molecule has 0 bridgehead atoms. The molecule has 18 heavy (non-hydrogen) atoms. The van der Waals surface area contributed by atoms with E-state index in [1.807, 2.05) is 18.2 Å². The molecule has 0 aliphatic carbocycles. The molecule has 0 saturated carbocycles. The molecule has 0 atom stereocenters. The molecular formula is C16H23NO. The third-order valence-electron chi connectivity index (χ3n) is 4.12. The Morgan fingerprint density at radius 2 is 1.78 bits per heavy atom. The van der Waals surface area contributed by atoms with Crippen LogP contribution < -0.4 is 4.90 Å². The van der Waals surface area contributed by atoms with Crippen molar-refractivity contribution in [2.24, 2.45) is 11.3 Å². The quantitative estimate of drug-likeness (QED) is 0.739. The van der Waals surface area contributed by atoms with Crippen LogP contribution in [0.5, 0.6) is 0 Å². The SMILES string of the molecule is CC(C)(C)C1CCN(c2ccccc2C=O)CC1. The van der Waals surface area contributed by atoms with Gasteiger partial charge in [-0.1, -0.05) is 32.9 Å². The topological polar surface area (TPSA) is 20.3 Å². The van der Waals surface area contributed by atoms with Gasteiger partial charge in [0.15, 0.2) is 6.29 Å². The summed E-state index contributed by atoms with van der Waals surface area (Å²) in [6.45, 7) is 9.10. The number of anilines is 1. The lowest BCUT2D eigenvalue weighted by Crippen LogP contribution is -2.38. The average molecular weight is 245 g/mol. The van der Waals surface area contributed by atoms with E-state index in [1.54, 1.807) is 0 Å². The highest BCUT2D eigenvalue weighted by atomic mass is 16.1. The molecule has 2 nitrogen and oxygen atoms in total. The van der Waals surface area contributed by atoms with E-state index < -0.39 is 0 Å². The second-order valence-corrected chi connectivity index (χ2v) is 6.30. The Hall–Kier alpha value is -1.31. The van der Waals surface area contributed by atoms with Crippen LogP contribution in [0.4, 0.5) is 5.69 Å². The van der Waals surface area contributed by atoms with E-state index in [2.05, 4.69) is 31.7 Å². The number of piperidine rings is 1. The number of benzene rings is 1. The van der Waals surface area contributed by atoms with Crippen molar-refractivity contribution in [1.29, 1.82) is 0 Å². The fraction of sp³-hybridized carbons (Fsp3) is 0.562. The molecule has 1 aromatic carbocycles. The van der Waals surface area contributed by atoms with E-state index in [0.29, 0.717) is 5.41 Å². The van der Waals surface area contributed by atoms with E-state index >= 15 is 0 Å². The Labute approximate surface area is 110 Å². The average Bonchev–Trinajstić information content (AvgIpc) is 2.38. The predicted molar refractivity (Wildman–Crippen MR) is 76.2 cm³/mol. The first-order valence-corrected chi connectivity index (χ1v) is 6.81. The standard InChI is InChI=1S/C16H23NO/c1-16(2,3)14-8-10-17(11-9-14)15-7-5-4-6-13(15)12-18/h4-7,12,14H,8-11H2,1-3H3. The maximum atomic E-state index is 11.1. The number of rotatable bonds is 2. The third kappa shape index (κ3) is 2.74. The summed E-state index contributed by atoms with van der Waals surface area (Å²) in [7, 11) is 0. The summed E-state index contributed by atoms with van der Waals surface area (Å²) in [6, 6.07) is 7.90. The molecular weight excluding hydrogens is 222 g/mol. The summed E-state index contributed by atoms with van der Waals surface area (Å²) in [4.78, 5) is 13.4. The molecule has 1 heterocycles. The molecule has 0 N–H and O–H groups in total. The Balaban J connectivity index is 2.08. The van der Waals surface area contributed by atoms with Gasteiger partial charge in [-0.05, 0) is 36.3 Å². The highest BCUT2D eigenvalue weighted by Gasteiger charge is 2.29. The van der Waals surface area contributed by atoms with Crippen molar-refractivity contribution in [3.05, 3.63) is 29.8 Å². The number of aldehydes is 1. The molecule has 1 fully saturated rings. The zero-order valence-corrected chi connectivity index (χ0v) is 11.6. The van der Waals surface area contributed by atoms with Gasteiger partial charge in [-0.3, -0.25) is 4.79 Å². The van der Waals surface area contributed by atoms with Crippen molar-refractivity contribution in [2.75, 3.05) is 18.0 Å². The largest absolute Gasteiger partial charge is 0.371 e. The maximum absolute atomic E-state index is 11.1. The molecule has 98 valence electrons. The van der Waals surface area contributed by atoms with Crippen molar-refractivity contribution in [1.82, 2.24) is 0 Å². The fourth-order valence-corrected chi connectivity index (χ4v) is 2.86. The van der Waals surface area contributed by atoms with Crippen LogP contribution in [0.2, 0.25) is 0 Å². The number of para-hydroxylation sites is 1. The van der Waals surface area contributed by atoms with Crippen LogP contribution in [0.3, 0.4) is 0 Å². The van der Waals surface area contributed by atoms with Gasteiger partial charge >= 0.3 is 0 Å². The Bertz CT molecular complexity index is 411. The highest BCUT2D eigenvalue weighted by Crippen LogP contribution is 2.35. The Morgan fingerprint density at radius 1 is 1.17 bits per heavy atom. The summed E-state index contributed by atoms with van der Waals surface area (Å²) >= 11 is 0. The molecule has 0 radical (unpaired) electrons. The second kappa shape index (κ2) is 5.13. The summed E-state index contributed by atoms with van der Waals surface area (Å²) < 4.78 is 0. The molecule has 1 aliphatic rings. The van der Waals surface area contributed by atoms with Crippen LogP contribution in [-0.2, 0) is 0 Å². The molecule has 1 aromatic rings. The summed E-state index contributed by atoms with van der Waals surface area (Å²) in [5, 5.41) is 0. The first-order valence-electron chi connectivity index (χ1n) is 6.81. The molecule has 0 amide bonds. The fourth-order valence-electron chi connectivity index (χ4n) is 2.86. The summed E-state index contributed by atoms with van der Waals surface area (Å²) in [5.74, 6) is 0.789. The van der Waals surface area contributed by atoms with Crippen LogP contribution in [0, 0.1) is 11.3 Å². The van der Waals surface area contributed by atoms with E-state index in [-0.39, 0.29) is 0 Å². The molecule has 1 aliphatic heterocycles. The van der Waals surface area contributed by atoms with Gasteiger partial charge in [-0.2, -0.15) is 0 Å². The van der Waals surface area contributed by atoms with Crippen LogP contribution in [0.25, 0.3) is 0 Å². The molecule has 0 unspecified atom stereocenters. The lowest BCUT2D eigenvalue weighted by Gasteiger charge is -2.40. The van der Waals surface area contributed by atoms with Crippen molar-refractivity contribution in [3.8, 4) is 0 Å². The minimum absolute atomic E-state index is 0.399. The van der Waals surface area contributed by atoms with E-state index in [1.165, 1.54) is 12.8 Å². The molecule has 1 saturated heterocycles. The normalized spacial score (nSPS) is 17.8. The first kappa shape index (κ1) is 13.1. The minimum Gasteiger partial charge on any atom is -0.371 e. The number of hydrogen-bond donors (Lipinski definition) is 0. The predicted octanol–water partition coefficient (Wildman–Crippen LogP) is 3.76. The van der Waals surface area contributed by atoms with Gasteiger partial charge in [0.05, 0.1) is 0 Å². The van der Waals surface area contributed by atoms with Crippen LogP contribution in [0.1, 0.15) is 44.0 Å². The van der Waals surface area contributed by atoms with Gasteiger partial charge in [0.1, 0.15) is 0 Å². The second-order valence-electron chi connectivity index (χ2n) is 6.30. The smallest absolute Gasteiger partial charge is 0.152 e. The van der Waals surface area contributed by atoms with Crippen molar-refractivity contribution < 1.29 is 4.79 Å². The van der Waals surface area contributed by atoms with Gasteiger partial charge in [0.2, 0.25) is 0 Å². The van der Waals surface area contributed by atoms with E-state index in [0.717, 1.165) is 36.5 Å². The lowest BCUT2D eigenvalue weighted by atomic mass is 9.75. The van der Waals surface area contributed by atoms with Gasteiger partial charge in [-0.25, -0.2) is 0 Å². The number of nitrogens with zero attached hydrogens (tertiary/aromatic N) is 1. The molecule has 0 aromatic heterocycles. The molecule has 2 heteroatoms. The third-order valence-corrected chi connectivity index (χ3v) is 4.12. The lowest BCUT2D eigenvalue weighted by molar-refractivity contribution is 0.112. The Morgan fingerprint density at radius 3 is 2.33 bits per heavy atom. The molecule has 0 spiro atoms. The van der Waals surface area contributed by atoms with E-state index in [4.69, 9.17) is 0 Å².